The minimum atomic E-state index is -1.00. The molecule has 0 aliphatic carbocycles. The van der Waals surface area contributed by atoms with E-state index in [0.29, 0.717) is 17.2 Å². The number of aromatic nitrogens is 1. The fraction of sp³-hybridized carbons (Fsp3) is 0.250. The predicted molar refractivity (Wildman–Crippen MR) is 71.6 cm³/mol. The van der Waals surface area contributed by atoms with Crippen LogP contribution in [-0.2, 0) is 13.1 Å². The summed E-state index contributed by atoms with van der Waals surface area (Å²) in [5.41, 5.74) is 1.32. The molecule has 8 heteroatoms. The predicted octanol–water partition coefficient (Wildman–Crippen LogP) is 1.74. The molecule has 0 bridgehead atoms. The summed E-state index contributed by atoms with van der Waals surface area (Å²) in [5, 5.41) is 14.7. The maximum absolute atomic E-state index is 11.5. The molecule has 0 spiro atoms. The Hall–Kier alpha value is -2.35. The molecule has 0 atom stereocenters. The Labute approximate surface area is 118 Å². The van der Waals surface area contributed by atoms with Crippen LogP contribution in [0.1, 0.15) is 25.9 Å². The van der Waals surface area contributed by atoms with Crippen molar-refractivity contribution in [3.8, 4) is 0 Å². The molecule has 2 amide bonds. The number of aryl methyl sites for hydroxylation is 1. The summed E-state index contributed by atoms with van der Waals surface area (Å²) in [4.78, 5) is 26.7. The number of amides is 2. The van der Waals surface area contributed by atoms with Gasteiger partial charge >= 0.3 is 12.0 Å². The van der Waals surface area contributed by atoms with Crippen molar-refractivity contribution in [2.24, 2.45) is 0 Å². The second-order valence-corrected chi connectivity index (χ2v) is 5.08. The number of carboxylic acid groups (broad SMARTS) is 1. The molecule has 0 radical (unpaired) electrons. The van der Waals surface area contributed by atoms with E-state index in [0.717, 1.165) is 16.9 Å². The molecule has 0 aromatic carbocycles. The fourth-order valence-corrected chi connectivity index (χ4v) is 2.36. The topological polar surface area (TPSA) is 104 Å². The summed E-state index contributed by atoms with van der Waals surface area (Å²) in [7, 11) is 0. The van der Waals surface area contributed by atoms with Gasteiger partial charge in [-0.3, -0.25) is 0 Å². The minimum Gasteiger partial charge on any atom is -0.477 e. The monoisotopic (exact) mass is 295 g/mol. The van der Waals surface area contributed by atoms with Gasteiger partial charge in [0.05, 0.1) is 24.8 Å². The number of nitrogens with one attached hydrogen (secondary N) is 2. The maximum Gasteiger partial charge on any atom is 0.347 e. The molecule has 0 aliphatic rings. The van der Waals surface area contributed by atoms with Crippen LogP contribution >= 0.6 is 11.3 Å². The van der Waals surface area contributed by atoms with Crippen LogP contribution in [0.3, 0.4) is 0 Å². The number of hydrogen-bond donors (Lipinski definition) is 3. The number of rotatable bonds is 5. The average molecular weight is 295 g/mol. The van der Waals surface area contributed by atoms with Gasteiger partial charge in [0.2, 0.25) is 0 Å². The maximum atomic E-state index is 11.5. The lowest BCUT2D eigenvalue weighted by atomic mass is 10.3. The average Bonchev–Trinajstić information content (AvgIpc) is 3.03. The third-order valence-corrected chi connectivity index (χ3v) is 3.61. The van der Waals surface area contributed by atoms with E-state index in [9.17, 15) is 9.59 Å². The van der Waals surface area contributed by atoms with Gasteiger partial charge in [0.25, 0.3) is 0 Å². The van der Waals surface area contributed by atoms with Crippen LogP contribution in [0.5, 0.6) is 0 Å². The number of hydrogen-bond acceptors (Lipinski definition) is 5. The van der Waals surface area contributed by atoms with Gasteiger partial charge in [0.15, 0.2) is 0 Å². The Morgan fingerprint density at radius 1 is 1.40 bits per heavy atom. The van der Waals surface area contributed by atoms with Gasteiger partial charge in [-0.15, -0.1) is 11.3 Å². The molecule has 0 saturated heterocycles. The molecule has 20 heavy (non-hydrogen) atoms. The van der Waals surface area contributed by atoms with Gasteiger partial charge in [-0.1, -0.05) is 0 Å². The van der Waals surface area contributed by atoms with Gasteiger partial charge in [0.1, 0.15) is 9.88 Å². The summed E-state index contributed by atoms with van der Waals surface area (Å²) in [6, 6.07) is 1.40. The van der Waals surface area contributed by atoms with Crippen LogP contribution in [0.25, 0.3) is 0 Å². The smallest absolute Gasteiger partial charge is 0.347 e. The number of thiazole rings is 1. The Balaban J connectivity index is 1.81. The Bertz CT molecular complexity index is 606. The van der Waals surface area contributed by atoms with Crippen molar-refractivity contribution in [3.63, 3.8) is 0 Å². The first-order valence-corrected chi connectivity index (χ1v) is 6.60. The highest BCUT2D eigenvalue weighted by Gasteiger charge is 2.14. The standard InChI is InChI=1S/C12H13N3O4S/c1-7-10(11(16)17)20-9(15-7)5-14-12(18)13-4-8-2-3-19-6-8/h2-3,6H,4-5H2,1H3,(H,16,17)(H2,13,14,18). The zero-order valence-electron chi connectivity index (χ0n) is 10.7. The highest BCUT2D eigenvalue weighted by molar-refractivity contribution is 7.13. The van der Waals surface area contributed by atoms with Gasteiger partial charge < -0.3 is 20.2 Å². The van der Waals surface area contributed by atoms with E-state index >= 15 is 0 Å². The summed E-state index contributed by atoms with van der Waals surface area (Å²) in [6.07, 6.45) is 3.07. The lowest BCUT2D eigenvalue weighted by Gasteiger charge is -2.04. The molecule has 7 nitrogen and oxygen atoms in total. The van der Waals surface area contributed by atoms with Crippen molar-refractivity contribution < 1.29 is 19.1 Å². The van der Waals surface area contributed by atoms with Crippen molar-refractivity contribution in [1.29, 1.82) is 0 Å². The first-order chi connectivity index (χ1) is 9.56. The molecule has 106 valence electrons. The zero-order valence-corrected chi connectivity index (χ0v) is 11.5. The summed E-state index contributed by atoms with van der Waals surface area (Å²) in [6.45, 7) is 2.18. The number of furan rings is 1. The molecule has 0 saturated carbocycles. The summed E-state index contributed by atoms with van der Waals surface area (Å²) in [5.74, 6) is -1.00. The van der Waals surface area contributed by atoms with E-state index in [2.05, 4.69) is 15.6 Å². The van der Waals surface area contributed by atoms with Gasteiger partial charge in [-0.25, -0.2) is 14.6 Å². The van der Waals surface area contributed by atoms with Crippen molar-refractivity contribution in [1.82, 2.24) is 15.6 Å². The third-order valence-electron chi connectivity index (χ3n) is 2.47. The molecule has 3 N–H and O–H groups in total. The SMILES string of the molecule is Cc1nc(CNC(=O)NCc2ccoc2)sc1C(=O)O. The Morgan fingerprint density at radius 3 is 2.75 bits per heavy atom. The third kappa shape index (κ3) is 3.58. The molecule has 2 heterocycles. The molecule has 2 aromatic heterocycles. The zero-order chi connectivity index (χ0) is 14.5. The molecule has 2 aromatic rings. The van der Waals surface area contributed by atoms with E-state index in [1.165, 1.54) is 6.26 Å². The second kappa shape index (κ2) is 6.20. The van der Waals surface area contributed by atoms with Crippen molar-refractivity contribution in [3.05, 3.63) is 39.7 Å². The van der Waals surface area contributed by atoms with E-state index in [4.69, 9.17) is 9.52 Å². The van der Waals surface area contributed by atoms with Gasteiger partial charge in [0, 0.05) is 12.1 Å². The normalized spacial score (nSPS) is 10.2. The largest absolute Gasteiger partial charge is 0.477 e. The van der Waals surface area contributed by atoms with Crippen molar-refractivity contribution in [2.75, 3.05) is 0 Å². The Kier molecular flexibility index (Phi) is 4.36. The lowest BCUT2D eigenvalue weighted by Crippen LogP contribution is -2.34. The minimum absolute atomic E-state index is 0.190. The Morgan fingerprint density at radius 2 is 2.15 bits per heavy atom. The van der Waals surface area contributed by atoms with Crippen LogP contribution in [0.4, 0.5) is 4.79 Å². The number of urea groups is 1. The van der Waals surface area contributed by atoms with E-state index < -0.39 is 5.97 Å². The molecule has 0 fully saturated rings. The van der Waals surface area contributed by atoms with Crippen LogP contribution in [-0.4, -0.2) is 22.1 Å². The molecular weight excluding hydrogens is 282 g/mol. The van der Waals surface area contributed by atoms with E-state index in [-0.39, 0.29) is 17.5 Å². The van der Waals surface area contributed by atoms with E-state index in [1.54, 1.807) is 19.3 Å². The highest BCUT2D eigenvalue weighted by Crippen LogP contribution is 2.17. The van der Waals surface area contributed by atoms with Gasteiger partial charge in [-0.2, -0.15) is 0 Å². The molecular formula is C12H13N3O4S. The highest BCUT2D eigenvalue weighted by atomic mass is 32.1. The van der Waals surface area contributed by atoms with Crippen LogP contribution in [0, 0.1) is 6.92 Å². The number of carbonyl (C=O) groups is 2. The first kappa shape index (κ1) is 14.1. The second-order valence-electron chi connectivity index (χ2n) is 4.00. The molecule has 2 rings (SSSR count). The van der Waals surface area contributed by atoms with Crippen molar-refractivity contribution >= 4 is 23.3 Å². The lowest BCUT2D eigenvalue weighted by molar-refractivity contribution is 0.0701. The fourth-order valence-electron chi connectivity index (χ4n) is 1.52. The van der Waals surface area contributed by atoms with Crippen LogP contribution < -0.4 is 10.6 Å². The molecule has 0 unspecified atom stereocenters. The quantitative estimate of drug-likeness (QED) is 0.779. The van der Waals surface area contributed by atoms with Crippen LogP contribution in [0.2, 0.25) is 0 Å². The number of aromatic carboxylic acids is 1. The van der Waals surface area contributed by atoms with E-state index in [1.807, 2.05) is 0 Å². The number of carboxylic acids is 1. The number of nitrogens with zero attached hydrogens (tertiary/aromatic N) is 1. The van der Waals surface area contributed by atoms with Crippen LogP contribution in [0.15, 0.2) is 23.0 Å². The van der Waals surface area contributed by atoms with Crippen molar-refractivity contribution in [2.45, 2.75) is 20.0 Å². The number of carbonyl (C=O) groups excluding carboxylic acids is 1. The summed E-state index contributed by atoms with van der Waals surface area (Å²) >= 11 is 1.06. The summed E-state index contributed by atoms with van der Waals surface area (Å²) < 4.78 is 4.88. The van der Waals surface area contributed by atoms with Gasteiger partial charge in [-0.05, 0) is 13.0 Å². The molecule has 0 aliphatic heterocycles. The first-order valence-electron chi connectivity index (χ1n) is 5.78.